The fraction of sp³-hybridized carbons (Fsp3) is 0.500. The van der Waals surface area contributed by atoms with Gasteiger partial charge in [-0.2, -0.15) is 0 Å². The number of fused-ring (bicyclic) bond motifs is 1. The number of ether oxygens (including phenoxy) is 2. The van der Waals surface area contributed by atoms with Crippen LogP contribution in [0, 0.1) is 11.8 Å². The Morgan fingerprint density at radius 3 is 2.47 bits per heavy atom. The van der Waals surface area contributed by atoms with Gasteiger partial charge in [0.05, 0.1) is 26.2 Å². The Hall–Kier alpha value is -2.60. The Labute approximate surface area is 176 Å². The molecule has 1 aliphatic heterocycles. The van der Waals surface area contributed by atoms with Crippen LogP contribution in [0.1, 0.15) is 49.0 Å². The minimum atomic E-state index is -0.137. The van der Waals surface area contributed by atoms with Crippen molar-refractivity contribution in [3.63, 3.8) is 0 Å². The summed E-state index contributed by atoms with van der Waals surface area (Å²) in [5.74, 6) is 1.39. The van der Waals surface area contributed by atoms with E-state index in [-0.39, 0.29) is 23.1 Å². The van der Waals surface area contributed by atoms with Crippen LogP contribution in [0.5, 0.6) is 5.75 Å². The fourth-order valence-corrected chi connectivity index (χ4v) is 4.55. The van der Waals surface area contributed by atoms with Crippen LogP contribution in [0.25, 0.3) is 0 Å². The van der Waals surface area contributed by atoms with Crippen molar-refractivity contribution in [1.29, 1.82) is 0 Å². The number of benzene rings is 1. The molecule has 1 aliphatic carbocycles. The van der Waals surface area contributed by atoms with Gasteiger partial charge in [0.15, 0.2) is 0 Å². The number of methoxy groups -OCH3 is 1. The highest BCUT2D eigenvalue weighted by Gasteiger charge is 2.26. The molecule has 6 heteroatoms. The highest BCUT2D eigenvalue weighted by atomic mass is 16.5. The Bertz CT molecular complexity index is 904. The smallest absolute Gasteiger partial charge is 0.308 e. The molecule has 0 atom stereocenters. The number of carbonyl (C=O) groups excluding carboxylic acids is 1. The summed E-state index contributed by atoms with van der Waals surface area (Å²) in [6.45, 7) is 2.83. The van der Waals surface area contributed by atoms with Gasteiger partial charge in [0.25, 0.3) is 0 Å². The largest absolute Gasteiger partial charge is 0.487 e. The minimum Gasteiger partial charge on any atom is -0.487 e. The molecule has 4 rings (SSSR count). The standard InChI is InChI=1S/C24H29NO5/c1-28-24(27)18-8-6-17(7-9-18)10-11-29-23-16-30-21(12-22(23)26)15-25-13-19-4-2-3-5-20(19)14-25/h2-5,12,16-18H,6-11,13-15H2,1H3. The van der Waals surface area contributed by atoms with Gasteiger partial charge in [0.2, 0.25) is 11.2 Å². The van der Waals surface area contributed by atoms with E-state index in [0.29, 0.717) is 24.8 Å². The van der Waals surface area contributed by atoms with E-state index in [2.05, 4.69) is 29.2 Å². The van der Waals surface area contributed by atoms with Gasteiger partial charge in [-0.05, 0) is 49.1 Å². The first-order chi connectivity index (χ1) is 14.6. The highest BCUT2D eigenvalue weighted by Crippen LogP contribution is 2.31. The van der Waals surface area contributed by atoms with Gasteiger partial charge < -0.3 is 13.9 Å². The van der Waals surface area contributed by atoms with Crippen LogP contribution in [0.3, 0.4) is 0 Å². The Morgan fingerprint density at radius 2 is 1.83 bits per heavy atom. The lowest BCUT2D eigenvalue weighted by atomic mass is 9.81. The molecule has 2 aliphatic rings. The SMILES string of the molecule is COC(=O)C1CCC(CCOc2coc(CN3Cc4ccccc4C3)cc2=O)CC1. The summed E-state index contributed by atoms with van der Waals surface area (Å²) >= 11 is 0. The zero-order valence-electron chi connectivity index (χ0n) is 17.5. The number of hydrogen-bond donors (Lipinski definition) is 0. The predicted octanol–water partition coefficient (Wildman–Crippen LogP) is 3.90. The monoisotopic (exact) mass is 411 g/mol. The van der Waals surface area contributed by atoms with Crippen LogP contribution in [0.2, 0.25) is 0 Å². The molecule has 0 N–H and O–H groups in total. The second-order valence-electron chi connectivity index (χ2n) is 8.37. The molecule has 0 bridgehead atoms. The summed E-state index contributed by atoms with van der Waals surface area (Å²) in [5.41, 5.74) is 2.53. The lowest BCUT2D eigenvalue weighted by Gasteiger charge is -2.26. The highest BCUT2D eigenvalue weighted by molar-refractivity contribution is 5.72. The molecule has 6 nitrogen and oxygen atoms in total. The topological polar surface area (TPSA) is 69.0 Å². The van der Waals surface area contributed by atoms with Crippen LogP contribution in [0.4, 0.5) is 0 Å². The Morgan fingerprint density at radius 1 is 1.13 bits per heavy atom. The van der Waals surface area contributed by atoms with Crippen molar-refractivity contribution in [1.82, 2.24) is 4.90 Å². The van der Waals surface area contributed by atoms with E-state index in [1.54, 1.807) is 6.07 Å². The van der Waals surface area contributed by atoms with Crippen molar-refractivity contribution in [2.75, 3.05) is 13.7 Å². The lowest BCUT2D eigenvalue weighted by molar-refractivity contribution is -0.146. The average Bonchev–Trinajstić information content (AvgIpc) is 3.17. The normalized spacial score (nSPS) is 21.2. The number of esters is 1. The van der Waals surface area contributed by atoms with Crippen molar-refractivity contribution in [3.8, 4) is 5.75 Å². The van der Waals surface area contributed by atoms with Crippen LogP contribution >= 0.6 is 0 Å². The molecule has 1 fully saturated rings. The van der Waals surface area contributed by atoms with E-state index >= 15 is 0 Å². The molecule has 2 aromatic rings. The maximum Gasteiger partial charge on any atom is 0.308 e. The van der Waals surface area contributed by atoms with Gasteiger partial charge in [-0.15, -0.1) is 0 Å². The summed E-state index contributed by atoms with van der Waals surface area (Å²) in [4.78, 5) is 26.3. The molecule has 1 aromatic carbocycles. The lowest BCUT2D eigenvalue weighted by Crippen LogP contribution is -2.24. The summed E-state index contributed by atoms with van der Waals surface area (Å²) in [5, 5.41) is 0. The summed E-state index contributed by atoms with van der Waals surface area (Å²) in [7, 11) is 1.45. The molecular formula is C24H29NO5. The minimum absolute atomic E-state index is 0.0372. The van der Waals surface area contributed by atoms with E-state index in [0.717, 1.165) is 45.2 Å². The molecule has 30 heavy (non-hydrogen) atoms. The quantitative estimate of drug-likeness (QED) is 0.644. The molecule has 0 radical (unpaired) electrons. The second-order valence-corrected chi connectivity index (χ2v) is 8.37. The number of carbonyl (C=O) groups is 1. The summed E-state index contributed by atoms with van der Waals surface area (Å²) in [6, 6.07) is 9.94. The molecule has 0 spiro atoms. The first kappa shape index (κ1) is 20.7. The first-order valence-corrected chi connectivity index (χ1v) is 10.7. The van der Waals surface area contributed by atoms with E-state index in [1.165, 1.54) is 24.5 Å². The molecule has 1 aromatic heterocycles. The zero-order chi connectivity index (χ0) is 20.9. The second kappa shape index (κ2) is 9.47. The van der Waals surface area contributed by atoms with Gasteiger partial charge >= 0.3 is 5.97 Å². The first-order valence-electron chi connectivity index (χ1n) is 10.7. The fourth-order valence-electron chi connectivity index (χ4n) is 4.55. The molecule has 2 heterocycles. The van der Waals surface area contributed by atoms with E-state index in [9.17, 15) is 9.59 Å². The van der Waals surface area contributed by atoms with Crippen LogP contribution in [0.15, 0.2) is 45.8 Å². The van der Waals surface area contributed by atoms with Crippen LogP contribution < -0.4 is 10.2 Å². The van der Waals surface area contributed by atoms with Crippen molar-refractivity contribution in [2.45, 2.75) is 51.7 Å². The van der Waals surface area contributed by atoms with E-state index < -0.39 is 0 Å². The van der Waals surface area contributed by atoms with Gasteiger partial charge in [0.1, 0.15) is 12.0 Å². The molecule has 1 saturated carbocycles. The van der Waals surface area contributed by atoms with E-state index in [1.807, 2.05) is 0 Å². The molecule has 0 unspecified atom stereocenters. The van der Waals surface area contributed by atoms with Gasteiger partial charge in [-0.3, -0.25) is 14.5 Å². The van der Waals surface area contributed by atoms with E-state index in [4.69, 9.17) is 13.9 Å². The van der Waals surface area contributed by atoms with Gasteiger partial charge in [-0.1, -0.05) is 24.3 Å². The van der Waals surface area contributed by atoms with Crippen molar-refractivity contribution in [3.05, 3.63) is 63.7 Å². The van der Waals surface area contributed by atoms with Crippen molar-refractivity contribution in [2.24, 2.45) is 11.8 Å². The van der Waals surface area contributed by atoms with Crippen LogP contribution in [-0.4, -0.2) is 24.6 Å². The predicted molar refractivity (Wildman–Crippen MR) is 112 cm³/mol. The van der Waals surface area contributed by atoms with Gasteiger partial charge in [-0.25, -0.2) is 0 Å². The Kier molecular flexibility index (Phi) is 6.53. The molecule has 0 amide bonds. The third-order valence-corrected chi connectivity index (χ3v) is 6.30. The molecule has 0 saturated heterocycles. The average molecular weight is 411 g/mol. The van der Waals surface area contributed by atoms with Gasteiger partial charge in [0, 0.05) is 19.2 Å². The van der Waals surface area contributed by atoms with Crippen molar-refractivity contribution >= 4 is 5.97 Å². The maximum absolute atomic E-state index is 12.4. The zero-order valence-corrected chi connectivity index (χ0v) is 17.5. The summed E-state index contributed by atoms with van der Waals surface area (Å²) in [6.07, 6.45) is 6.04. The third-order valence-electron chi connectivity index (χ3n) is 6.30. The Balaban J connectivity index is 1.23. The number of rotatable bonds is 7. The maximum atomic E-state index is 12.4. The number of hydrogen-bond acceptors (Lipinski definition) is 6. The number of nitrogens with zero attached hydrogens (tertiary/aromatic N) is 1. The molecule has 160 valence electrons. The van der Waals surface area contributed by atoms with Crippen molar-refractivity contribution < 1.29 is 18.7 Å². The molecular weight excluding hydrogens is 382 g/mol. The van der Waals surface area contributed by atoms with Crippen LogP contribution in [-0.2, 0) is 29.2 Å². The third kappa shape index (κ3) is 4.93. The summed E-state index contributed by atoms with van der Waals surface area (Å²) < 4.78 is 16.2.